The van der Waals surface area contributed by atoms with Gasteiger partial charge in [0.05, 0.1) is 0 Å². The van der Waals surface area contributed by atoms with E-state index in [0.29, 0.717) is 12.1 Å². The number of rotatable bonds is 8. The summed E-state index contributed by atoms with van der Waals surface area (Å²) >= 11 is 0. The number of nitrogens with zero attached hydrogens (tertiary/aromatic N) is 1. The van der Waals surface area contributed by atoms with Gasteiger partial charge in [-0.05, 0) is 38.5 Å². The molecule has 1 aromatic rings. The van der Waals surface area contributed by atoms with E-state index >= 15 is 0 Å². The molecule has 0 radical (unpaired) electrons. The summed E-state index contributed by atoms with van der Waals surface area (Å²) < 4.78 is 28.8. The van der Waals surface area contributed by atoms with Crippen LogP contribution >= 0.6 is 0 Å². The van der Waals surface area contributed by atoms with Crippen LogP contribution in [0.5, 0.6) is 5.75 Å². The highest BCUT2D eigenvalue weighted by Gasteiger charge is 2.49. The number of halogens is 2. The molecule has 2 atom stereocenters. The van der Waals surface area contributed by atoms with Gasteiger partial charge in [0.1, 0.15) is 23.9 Å². The first-order valence-electron chi connectivity index (χ1n) is 8.85. The molecule has 0 spiro atoms. The van der Waals surface area contributed by atoms with Gasteiger partial charge in [-0.25, -0.2) is 4.79 Å². The van der Waals surface area contributed by atoms with E-state index in [0.717, 1.165) is 4.90 Å². The van der Waals surface area contributed by atoms with Crippen LogP contribution in [0.2, 0.25) is 0 Å². The first-order valence-corrected chi connectivity index (χ1v) is 8.85. The van der Waals surface area contributed by atoms with Crippen LogP contribution in [0.15, 0.2) is 24.3 Å². The molecule has 0 bridgehead atoms. The smallest absolute Gasteiger partial charge is 0.387 e. The molecule has 0 saturated carbocycles. The lowest BCUT2D eigenvalue weighted by atomic mass is 9.92. The second kappa shape index (κ2) is 8.84. The third-order valence-electron chi connectivity index (χ3n) is 4.36. The van der Waals surface area contributed by atoms with Crippen LogP contribution in [0.1, 0.15) is 26.3 Å². The predicted octanol–water partition coefficient (Wildman–Crippen LogP) is 0.696. The first-order chi connectivity index (χ1) is 13.6. The molecular formula is C18H22F2N4O5. The summed E-state index contributed by atoms with van der Waals surface area (Å²) in [4.78, 5) is 49.6. The van der Waals surface area contributed by atoms with E-state index in [1.165, 1.54) is 38.1 Å². The number of alkyl halides is 2. The largest absolute Gasteiger partial charge is 0.435 e. The second-order valence-electron chi connectivity index (χ2n) is 6.53. The Kier molecular flexibility index (Phi) is 6.72. The Labute approximate surface area is 165 Å². The number of imide groups is 1. The normalized spacial score (nSPS) is 19.7. The number of hydrogen-bond acceptors (Lipinski definition) is 5. The fourth-order valence-corrected chi connectivity index (χ4v) is 2.83. The third kappa shape index (κ3) is 4.98. The first kappa shape index (κ1) is 22.1. The molecule has 0 unspecified atom stereocenters. The molecule has 1 aliphatic rings. The van der Waals surface area contributed by atoms with Crippen molar-refractivity contribution in [2.75, 3.05) is 13.1 Å². The summed E-state index contributed by atoms with van der Waals surface area (Å²) in [5.41, 5.74) is -1.15. The number of nitrogens with one attached hydrogen (secondary N) is 3. The van der Waals surface area contributed by atoms with Crippen LogP contribution < -0.4 is 20.7 Å². The molecule has 3 N–H and O–H groups in total. The second-order valence-corrected chi connectivity index (χ2v) is 6.53. The number of hydrogen-bond donors (Lipinski definition) is 3. The Hall–Kier alpha value is -3.24. The molecule has 29 heavy (non-hydrogen) atoms. The summed E-state index contributed by atoms with van der Waals surface area (Å²) in [6.45, 7) is 1.47. The van der Waals surface area contributed by atoms with Crippen LogP contribution in [0.25, 0.3) is 0 Å². The van der Waals surface area contributed by atoms with E-state index in [9.17, 15) is 28.0 Å². The number of amides is 5. The summed E-state index contributed by atoms with van der Waals surface area (Å²) in [6, 6.07) is 3.61. The van der Waals surface area contributed by atoms with Crippen molar-refractivity contribution in [1.82, 2.24) is 20.9 Å². The van der Waals surface area contributed by atoms with Crippen molar-refractivity contribution in [3.05, 3.63) is 29.8 Å². The highest BCUT2D eigenvalue weighted by molar-refractivity contribution is 6.09. The maximum Gasteiger partial charge on any atom is 0.387 e. The van der Waals surface area contributed by atoms with Gasteiger partial charge in [0.15, 0.2) is 0 Å². The molecule has 11 heteroatoms. The van der Waals surface area contributed by atoms with Gasteiger partial charge < -0.3 is 20.7 Å². The molecule has 1 aromatic carbocycles. The highest BCUT2D eigenvalue weighted by atomic mass is 19.3. The van der Waals surface area contributed by atoms with Crippen molar-refractivity contribution in [3.8, 4) is 5.75 Å². The minimum atomic E-state index is -2.99. The lowest BCUT2D eigenvalue weighted by molar-refractivity contribution is -0.135. The fourth-order valence-electron chi connectivity index (χ4n) is 2.83. The average Bonchev–Trinajstić information content (AvgIpc) is 2.86. The number of benzene rings is 1. The zero-order valence-corrected chi connectivity index (χ0v) is 16.1. The van der Waals surface area contributed by atoms with Crippen LogP contribution in [-0.2, 0) is 19.9 Å². The van der Waals surface area contributed by atoms with E-state index < -0.39 is 48.5 Å². The van der Waals surface area contributed by atoms with Crippen LogP contribution in [0.3, 0.4) is 0 Å². The van der Waals surface area contributed by atoms with Crippen LogP contribution in [0, 0.1) is 0 Å². The molecule has 5 amide bonds. The van der Waals surface area contributed by atoms with Crippen molar-refractivity contribution < 1.29 is 32.7 Å². The zero-order chi connectivity index (χ0) is 21.8. The predicted molar refractivity (Wildman–Crippen MR) is 97.0 cm³/mol. The summed E-state index contributed by atoms with van der Waals surface area (Å²) in [7, 11) is 0. The standard InChI is InChI=1S/C18H22F2N4O5/c1-4-21-14(26)10(2)22-13(25)9-24-15(27)18(3,23-17(24)28)11-5-7-12(8-6-11)29-16(19)20/h5-8,10,16H,4,9H2,1-3H3,(H,21,26)(H,22,25)(H,23,28)/t10-,18+/m0/s1. The number of urea groups is 1. The van der Waals surface area contributed by atoms with Crippen molar-refractivity contribution in [3.63, 3.8) is 0 Å². The maximum atomic E-state index is 12.8. The Morgan fingerprint density at radius 2 is 1.86 bits per heavy atom. The Balaban J connectivity index is 2.08. The van der Waals surface area contributed by atoms with E-state index in [1.807, 2.05) is 0 Å². The van der Waals surface area contributed by atoms with Crippen molar-refractivity contribution in [1.29, 1.82) is 0 Å². The molecule has 0 aliphatic carbocycles. The number of carbonyl (C=O) groups is 4. The molecule has 2 rings (SSSR count). The molecule has 1 saturated heterocycles. The molecule has 0 aromatic heterocycles. The quantitative estimate of drug-likeness (QED) is 0.544. The Morgan fingerprint density at radius 3 is 2.41 bits per heavy atom. The van der Waals surface area contributed by atoms with Gasteiger partial charge in [0.25, 0.3) is 5.91 Å². The number of ether oxygens (including phenoxy) is 1. The van der Waals surface area contributed by atoms with Crippen LogP contribution in [0.4, 0.5) is 13.6 Å². The molecule has 1 aliphatic heterocycles. The number of likely N-dealkylation sites (N-methyl/N-ethyl adjacent to an activating group) is 1. The molecule has 9 nitrogen and oxygen atoms in total. The highest BCUT2D eigenvalue weighted by Crippen LogP contribution is 2.30. The monoisotopic (exact) mass is 412 g/mol. The van der Waals surface area contributed by atoms with E-state index in [2.05, 4.69) is 20.7 Å². The van der Waals surface area contributed by atoms with Gasteiger partial charge in [-0.1, -0.05) is 12.1 Å². The summed E-state index contributed by atoms with van der Waals surface area (Å²) in [5.74, 6) is -1.86. The fraction of sp³-hybridized carbons (Fsp3) is 0.444. The lowest BCUT2D eigenvalue weighted by Gasteiger charge is -2.22. The minimum Gasteiger partial charge on any atom is -0.435 e. The molecule has 1 fully saturated rings. The van der Waals surface area contributed by atoms with Gasteiger partial charge in [-0.15, -0.1) is 0 Å². The van der Waals surface area contributed by atoms with Gasteiger partial charge >= 0.3 is 12.6 Å². The summed E-state index contributed by atoms with van der Waals surface area (Å²) in [5, 5.41) is 7.45. The van der Waals surface area contributed by atoms with E-state index in [-0.39, 0.29) is 5.75 Å². The van der Waals surface area contributed by atoms with Gasteiger partial charge in [-0.2, -0.15) is 8.78 Å². The van der Waals surface area contributed by atoms with Gasteiger partial charge in [0, 0.05) is 6.54 Å². The number of carbonyl (C=O) groups excluding carboxylic acids is 4. The van der Waals surface area contributed by atoms with Gasteiger partial charge in [-0.3, -0.25) is 19.3 Å². The average molecular weight is 412 g/mol. The van der Waals surface area contributed by atoms with Crippen molar-refractivity contribution >= 4 is 23.8 Å². The molecule has 158 valence electrons. The molecular weight excluding hydrogens is 390 g/mol. The Bertz CT molecular complexity index is 802. The van der Waals surface area contributed by atoms with Crippen LogP contribution in [-0.4, -0.2) is 54.4 Å². The zero-order valence-electron chi connectivity index (χ0n) is 16.1. The van der Waals surface area contributed by atoms with Gasteiger partial charge in [0.2, 0.25) is 11.8 Å². The minimum absolute atomic E-state index is 0.0975. The third-order valence-corrected chi connectivity index (χ3v) is 4.36. The van der Waals surface area contributed by atoms with Crippen molar-refractivity contribution in [2.45, 2.75) is 39.0 Å². The lowest BCUT2D eigenvalue weighted by Crippen LogP contribution is -2.49. The maximum absolute atomic E-state index is 12.8. The topological polar surface area (TPSA) is 117 Å². The van der Waals surface area contributed by atoms with E-state index in [1.54, 1.807) is 6.92 Å². The SMILES string of the molecule is CCNC(=O)[C@H](C)NC(=O)CN1C(=O)N[C@](C)(c2ccc(OC(F)F)cc2)C1=O. The Morgan fingerprint density at radius 1 is 1.24 bits per heavy atom. The van der Waals surface area contributed by atoms with Crippen molar-refractivity contribution in [2.24, 2.45) is 0 Å². The summed E-state index contributed by atoms with van der Waals surface area (Å²) in [6.07, 6.45) is 0. The van der Waals surface area contributed by atoms with E-state index in [4.69, 9.17) is 0 Å². The molecule has 1 heterocycles.